The van der Waals surface area contributed by atoms with Gasteiger partial charge in [0.05, 0.1) is 0 Å². The highest BCUT2D eigenvalue weighted by molar-refractivity contribution is 5.80. The van der Waals surface area contributed by atoms with E-state index in [1.165, 1.54) is 6.42 Å². The molecule has 17 heavy (non-hydrogen) atoms. The molecule has 0 spiro atoms. The molecule has 0 aromatic heterocycles. The molecule has 0 radical (unpaired) electrons. The third-order valence-electron chi connectivity index (χ3n) is 3.70. The Kier molecular flexibility index (Phi) is 2.44. The number of carbonyl (C=O) groups excluding carboxylic acids is 1. The van der Waals surface area contributed by atoms with Crippen LogP contribution in [0.2, 0.25) is 0 Å². The van der Waals surface area contributed by atoms with Crippen molar-refractivity contribution in [1.82, 2.24) is 0 Å². The molecule has 3 heteroatoms. The zero-order valence-electron chi connectivity index (χ0n) is 9.89. The normalized spacial score (nSPS) is 31.7. The van der Waals surface area contributed by atoms with E-state index in [0.29, 0.717) is 0 Å². The van der Waals surface area contributed by atoms with Gasteiger partial charge in [-0.3, -0.25) is 0 Å². The van der Waals surface area contributed by atoms with Gasteiger partial charge < -0.3 is 9.47 Å². The average Bonchev–Trinajstić information content (AvgIpc) is 2.99. The van der Waals surface area contributed by atoms with E-state index in [0.717, 1.165) is 18.4 Å². The second kappa shape index (κ2) is 3.84. The first-order chi connectivity index (χ1) is 8.20. The van der Waals surface area contributed by atoms with Gasteiger partial charge in [0.1, 0.15) is 11.7 Å². The van der Waals surface area contributed by atoms with Gasteiger partial charge in [-0.15, -0.1) is 0 Å². The summed E-state index contributed by atoms with van der Waals surface area (Å²) in [4.78, 5) is 11.9. The fourth-order valence-corrected chi connectivity index (χ4v) is 2.19. The summed E-state index contributed by atoms with van der Waals surface area (Å²) < 4.78 is 10.9. The van der Waals surface area contributed by atoms with Crippen LogP contribution >= 0.6 is 0 Å². The highest BCUT2D eigenvalue weighted by atomic mass is 16.7. The minimum Gasteiger partial charge on any atom is -0.460 e. The SMILES string of the molecule is CC1(c2ccccc2)OC1C(=O)OC1CCC1. The molecule has 2 aliphatic rings. The van der Waals surface area contributed by atoms with Gasteiger partial charge in [0.25, 0.3) is 0 Å². The van der Waals surface area contributed by atoms with Crippen molar-refractivity contribution < 1.29 is 14.3 Å². The Balaban J connectivity index is 1.66. The largest absolute Gasteiger partial charge is 0.460 e. The molecular weight excluding hydrogens is 216 g/mol. The van der Waals surface area contributed by atoms with Gasteiger partial charge in [0.15, 0.2) is 6.10 Å². The summed E-state index contributed by atoms with van der Waals surface area (Å²) in [5.74, 6) is -0.207. The van der Waals surface area contributed by atoms with Gasteiger partial charge in [-0.2, -0.15) is 0 Å². The second-order valence-electron chi connectivity index (χ2n) is 4.96. The van der Waals surface area contributed by atoms with Crippen LogP contribution < -0.4 is 0 Å². The minimum absolute atomic E-state index is 0.131. The van der Waals surface area contributed by atoms with E-state index in [1.54, 1.807) is 0 Å². The van der Waals surface area contributed by atoms with Crippen molar-refractivity contribution in [2.24, 2.45) is 0 Å². The molecule has 1 aliphatic heterocycles. The van der Waals surface area contributed by atoms with Crippen molar-refractivity contribution in [2.75, 3.05) is 0 Å². The highest BCUT2D eigenvalue weighted by Gasteiger charge is 2.59. The fourth-order valence-electron chi connectivity index (χ4n) is 2.19. The lowest BCUT2D eigenvalue weighted by atomic mass is 9.95. The Morgan fingerprint density at radius 1 is 1.35 bits per heavy atom. The van der Waals surface area contributed by atoms with Crippen LogP contribution in [0, 0.1) is 0 Å². The molecule has 3 rings (SSSR count). The molecule has 1 saturated carbocycles. The third kappa shape index (κ3) is 1.84. The zero-order chi connectivity index (χ0) is 11.9. The maximum atomic E-state index is 11.9. The summed E-state index contributed by atoms with van der Waals surface area (Å²) in [5, 5.41) is 0. The summed E-state index contributed by atoms with van der Waals surface area (Å²) in [5.41, 5.74) is 0.554. The Labute approximate surface area is 101 Å². The van der Waals surface area contributed by atoms with Crippen LogP contribution in [-0.4, -0.2) is 18.2 Å². The quantitative estimate of drug-likeness (QED) is 0.593. The summed E-state index contributed by atoms with van der Waals surface area (Å²) in [6, 6.07) is 9.83. The lowest BCUT2D eigenvalue weighted by molar-refractivity contribution is -0.154. The van der Waals surface area contributed by atoms with E-state index >= 15 is 0 Å². The van der Waals surface area contributed by atoms with Crippen LogP contribution in [0.25, 0.3) is 0 Å². The van der Waals surface area contributed by atoms with Gasteiger partial charge in [-0.1, -0.05) is 30.3 Å². The summed E-state index contributed by atoms with van der Waals surface area (Å²) in [7, 11) is 0. The second-order valence-corrected chi connectivity index (χ2v) is 4.96. The van der Waals surface area contributed by atoms with Crippen LogP contribution in [0.4, 0.5) is 0 Å². The number of hydrogen-bond acceptors (Lipinski definition) is 3. The fraction of sp³-hybridized carbons (Fsp3) is 0.500. The van der Waals surface area contributed by atoms with Gasteiger partial charge in [-0.25, -0.2) is 4.79 Å². The van der Waals surface area contributed by atoms with E-state index < -0.39 is 11.7 Å². The molecule has 2 fully saturated rings. The Morgan fingerprint density at radius 3 is 2.65 bits per heavy atom. The summed E-state index contributed by atoms with van der Waals surface area (Å²) in [6.45, 7) is 1.94. The first kappa shape index (κ1) is 10.8. The third-order valence-corrected chi connectivity index (χ3v) is 3.70. The molecular formula is C14H16O3. The van der Waals surface area contributed by atoms with Crippen molar-refractivity contribution in [3.8, 4) is 0 Å². The Hall–Kier alpha value is -1.35. The van der Waals surface area contributed by atoms with Gasteiger partial charge in [0.2, 0.25) is 0 Å². The molecule has 1 saturated heterocycles. The number of epoxide rings is 1. The van der Waals surface area contributed by atoms with Crippen LogP contribution in [0.1, 0.15) is 31.7 Å². The van der Waals surface area contributed by atoms with Crippen LogP contribution in [0.5, 0.6) is 0 Å². The first-order valence-electron chi connectivity index (χ1n) is 6.14. The maximum Gasteiger partial charge on any atom is 0.338 e. The molecule has 0 N–H and O–H groups in total. The van der Waals surface area contributed by atoms with Gasteiger partial charge in [0, 0.05) is 0 Å². The standard InChI is InChI=1S/C14H16O3/c1-14(10-6-3-2-4-7-10)12(17-14)13(15)16-11-8-5-9-11/h2-4,6-7,11-12H,5,8-9H2,1H3. The summed E-state index contributed by atoms with van der Waals surface area (Å²) in [6.07, 6.45) is 2.87. The van der Waals surface area contributed by atoms with Crippen LogP contribution in [0.3, 0.4) is 0 Å². The molecule has 2 unspecified atom stereocenters. The number of esters is 1. The van der Waals surface area contributed by atoms with Crippen molar-refractivity contribution >= 4 is 5.97 Å². The molecule has 90 valence electrons. The molecule has 2 atom stereocenters. The molecule has 0 amide bonds. The van der Waals surface area contributed by atoms with E-state index in [1.807, 2.05) is 37.3 Å². The predicted octanol–water partition coefficient (Wildman–Crippen LogP) is 2.40. The van der Waals surface area contributed by atoms with Gasteiger partial charge >= 0.3 is 5.97 Å². The zero-order valence-corrected chi connectivity index (χ0v) is 9.89. The molecule has 1 aromatic rings. The molecule has 3 nitrogen and oxygen atoms in total. The number of rotatable bonds is 3. The minimum atomic E-state index is -0.484. The van der Waals surface area contributed by atoms with E-state index in [2.05, 4.69) is 0 Å². The molecule has 1 aromatic carbocycles. The molecule has 0 bridgehead atoms. The van der Waals surface area contributed by atoms with Gasteiger partial charge in [-0.05, 0) is 31.7 Å². The van der Waals surface area contributed by atoms with E-state index in [-0.39, 0.29) is 12.1 Å². The van der Waals surface area contributed by atoms with Crippen LogP contribution in [-0.2, 0) is 19.9 Å². The lowest BCUT2D eigenvalue weighted by Gasteiger charge is -2.24. The Bertz CT molecular complexity index is 424. The lowest BCUT2D eigenvalue weighted by Crippen LogP contribution is -2.29. The summed E-state index contributed by atoms with van der Waals surface area (Å²) >= 11 is 0. The van der Waals surface area contributed by atoms with Crippen LogP contribution in [0.15, 0.2) is 30.3 Å². The number of hydrogen-bond donors (Lipinski definition) is 0. The number of carbonyl (C=O) groups is 1. The topological polar surface area (TPSA) is 38.8 Å². The van der Waals surface area contributed by atoms with Crippen molar-refractivity contribution in [3.05, 3.63) is 35.9 Å². The van der Waals surface area contributed by atoms with Crippen molar-refractivity contribution in [2.45, 2.75) is 44.0 Å². The smallest absolute Gasteiger partial charge is 0.338 e. The maximum absolute atomic E-state index is 11.9. The Morgan fingerprint density at radius 2 is 2.06 bits per heavy atom. The van der Waals surface area contributed by atoms with E-state index in [4.69, 9.17) is 9.47 Å². The molecule has 1 aliphatic carbocycles. The van der Waals surface area contributed by atoms with Crippen molar-refractivity contribution in [1.29, 1.82) is 0 Å². The monoisotopic (exact) mass is 232 g/mol. The highest BCUT2D eigenvalue weighted by Crippen LogP contribution is 2.46. The average molecular weight is 232 g/mol. The molecule has 1 heterocycles. The van der Waals surface area contributed by atoms with E-state index in [9.17, 15) is 4.79 Å². The predicted molar refractivity (Wildman–Crippen MR) is 62.4 cm³/mol. The van der Waals surface area contributed by atoms with Crippen molar-refractivity contribution in [3.63, 3.8) is 0 Å². The number of benzene rings is 1. The number of ether oxygens (including phenoxy) is 2. The first-order valence-corrected chi connectivity index (χ1v) is 6.14.